The maximum atomic E-state index is 11.8. The summed E-state index contributed by atoms with van der Waals surface area (Å²) in [4.78, 5) is 14.6. The molecule has 2 N–H and O–H groups in total. The quantitative estimate of drug-likeness (QED) is 0.768. The highest BCUT2D eigenvalue weighted by atomic mass is 32.2. The molecule has 8 heteroatoms. The Labute approximate surface area is 99.5 Å². The molecule has 1 aromatic heterocycles. The molecule has 17 heavy (non-hydrogen) atoms. The standard InChI is InChI=1S/C9H15N3O4S/c1-4-7(9(13)14)11-17(15,16)8-5-12(3)6(2)10-8/h5,7,11H,4H2,1-3H3,(H,13,14). The van der Waals surface area contributed by atoms with E-state index in [1.165, 1.54) is 6.20 Å². The van der Waals surface area contributed by atoms with Gasteiger partial charge in [-0.2, -0.15) is 4.72 Å². The van der Waals surface area contributed by atoms with Crippen molar-refractivity contribution in [1.29, 1.82) is 0 Å². The van der Waals surface area contributed by atoms with Crippen LogP contribution in [0.4, 0.5) is 0 Å². The molecule has 0 aliphatic heterocycles. The molecule has 1 heterocycles. The van der Waals surface area contributed by atoms with Crippen molar-refractivity contribution in [2.75, 3.05) is 0 Å². The third-order valence-electron chi connectivity index (χ3n) is 2.37. The fraction of sp³-hybridized carbons (Fsp3) is 0.556. The summed E-state index contributed by atoms with van der Waals surface area (Å²) in [5.41, 5.74) is 0. The minimum absolute atomic E-state index is 0.167. The van der Waals surface area contributed by atoms with Crippen LogP contribution in [0.1, 0.15) is 19.2 Å². The smallest absolute Gasteiger partial charge is 0.321 e. The van der Waals surface area contributed by atoms with Gasteiger partial charge < -0.3 is 9.67 Å². The van der Waals surface area contributed by atoms with Gasteiger partial charge in [-0.3, -0.25) is 4.79 Å². The predicted octanol–water partition coefficient (Wildman–Crippen LogP) is -0.130. The molecule has 0 saturated carbocycles. The van der Waals surface area contributed by atoms with Crippen LogP contribution in [0.25, 0.3) is 0 Å². The molecule has 0 aliphatic carbocycles. The number of carboxylic acids is 1. The van der Waals surface area contributed by atoms with E-state index in [1.807, 2.05) is 0 Å². The van der Waals surface area contributed by atoms with Crippen molar-refractivity contribution in [3.63, 3.8) is 0 Å². The largest absolute Gasteiger partial charge is 0.480 e. The molecule has 1 rings (SSSR count). The van der Waals surface area contributed by atoms with Gasteiger partial charge in [-0.1, -0.05) is 6.92 Å². The number of hydrogen-bond donors (Lipinski definition) is 2. The molecule has 0 aromatic carbocycles. The normalized spacial score (nSPS) is 13.6. The maximum absolute atomic E-state index is 11.8. The number of hydrogen-bond acceptors (Lipinski definition) is 4. The second kappa shape index (κ2) is 4.84. The molecule has 0 bridgehead atoms. The molecule has 7 nitrogen and oxygen atoms in total. The molecule has 0 aliphatic rings. The number of carboxylic acid groups (broad SMARTS) is 1. The van der Waals surface area contributed by atoms with Gasteiger partial charge in [0.05, 0.1) is 0 Å². The second-order valence-corrected chi connectivity index (χ2v) is 5.32. The minimum Gasteiger partial charge on any atom is -0.480 e. The van der Waals surface area contributed by atoms with Gasteiger partial charge in [0.25, 0.3) is 10.0 Å². The lowest BCUT2D eigenvalue weighted by Gasteiger charge is -2.10. The predicted molar refractivity (Wildman–Crippen MR) is 60.0 cm³/mol. The van der Waals surface area contributed by atoms with Crippen molar-refractivity contribution in [3.05, 3.63) is 12.0 Å². The average Bonchev–Trinajstić information content (AvgIpc) is 2.56. The van der Waals surface area contributed by atoms with Crippen LogP contribution in [-0.4, -0.2) is 35.1 Å². The van der Waals surface area contributed by atoms with Gasteiger partial charge in [0.2, 0.25) is 0 Å². The zero-order chi connectivity index (χ0) is 13.2. The first-order valence-electron chi connectivity index (χ1n) is 5.03. The Morgan fingerprint density at radius 2 is 2.24 bits per heavy atom. The third-order valence-corrected chi connectivity index (χ3v) is 3.71. The monoisotopic (exact) mass is 261 g/mol. The molecule has 1 atom stereocenters. The van der Waals surface area contributed by atoms with Crippen LogP contribution in [0, 0.1) is 6.92 Å². The van der Waals surface area contributed by atoms with Crippen LogP contribution in [0.2, 0.25) is 0 Å². The number of nitrogens with zero attached hydrogens (tertiary/aromatic N) is 2. The van der Waals surface area contributed by atoms with Crippen LogP contribution < -0.4 is 4.72 Å². The first kappa shape index (κ1) is 13.7. The Hall–Kier alpha value is -1.41. The number of aryl methyl sites for hydroxylation is 2. The summed E-state index contributed by atoms with van der Waals surface area (Å²) in [6.07, 6.45) is 1.51. The van der Waals surface area contributed by atoms with E-state index in [1.54, 1.807) is 25.5 Å². The zero-order valence-corrected chi connectivity index (χ0v) is 10.7. The van der Waals surface area contributed by atoms with Crippen molar-refractivity contribution in [2.45, 2.75) is 31.3 Å². The summed E-state index contributed by atoms with van der Waals surface area (Å²) in [6.45, 7) is 3.25. The Bertz CT molecular complexity index is 501. The zero-order valence-electron chi connectivity index (χ0n) is 9.84. The summed E-state index contributed by atoms with van der Waals surface area (Å²) >= 11 is 0. The molecule has 1 aromatic rings. The van der Waals surface area contributed by atoms with Gasteiger partial charge in [0, 0.05) is 13.2 Å². The molecule has 0 saturated heterocycles. The Morgan fingerprint density at radius 3 is 2.59 bits per heavy atom. The SMILES string of the molecule is CCC(NS(=O)(=O)c1cn(C)c(C)n1)C(=O)O. The lowest BCUT2D eigenvalue weighted by molar-refractivity contribution is -0.139. The molecule has 0 radical (unpaired) electrons. The Kier molecular flexibility index (Phi) is 3.89. The van der Waals surface area contributed by atoms with E-state index in [0.717, 1.165) is 0 Å². The highest BCUT2D eigenvalue weighted by Crippen LogP contribution is 2.09. The molecule has 0 amide bonds. The summed E-state index contributed by atoms with van der Waals surface area (Å²) in [6, 6.07) is -1.14. The number of carbonyl (C=O) groups is 1. The summed E-state index contributed by atoms with van der Waals surface area (Å²) in [7, 11) is -2.22. The first-order chi connectivity index (χ1) is 7.77. The van der Waals surface area contributed by atoms with E-state index in [4.69, 9.17) is 5.11 Å². The van der Waals surface area contributed by atoms with Gasteiger partial charge in [-0.05, 0) is 13.3 Å². The summed E-state index contributed by atoms with van der Waals surface area (Å²) in [5, 5.41) is 8.62. The molecule has 0 spiro atoms. The van der Waals surface area contributed by atoms with Crippen LogP contribution in [0.15, 0.2) is 11.2 Å². The van der Waals surface area contributed by atoms with E-state index >= 15 is 0 Å². The first-order valence-corrected chi connectivity index (χ1v) is 6.51. The highest BCUT2D eigenvalue weighted by molar-refractivity contribution is 7.89. The van der Waals surface area contributed by atoms with Crippen LogP contribution >= 0.6 is 0 Å². The maximum Gasteiger partial charge on any atom is 0.321 e. The number of aliphatic carboxylic acids is 1. The molecule has 0 fully saturated rings. The van der Waals surface area contributed by atoms with Gasteiger partial charge >= 0.3 is 5.97 Å². The van der Waals surface area contributed by atoms with Gasteiger partial charge in [-0.15, -0.1) is 0 Å². The van der Waals surface area contributed by atoms with Gasteiger partial charge in [0.15, 0.2) is 5.03 Å². The van der Waals surface area contributed by atoms with E-state index in [0.29, 0.717) is 5.82 Å². The Morgan fingerprint density at radius 1 is 1.65 bits per heavy atom. The van der Waals surface area contributed by atoms with Crippen molar-refractivity contribution in [2.24, 2.45) is 7.05 Å². The summed E-state index contributed by atoms with van der Waals surface area (Å²) in [5.74, 6) is -0.669. The molecule has 1 unspecified atom stereocenters. The third kappa shape index (κ3) is 3.04. The fourth-order valence-corrected chi connectivity index (χ4v) is 2.52. The van der Waals surface area contributed by atoms with Crippen molar-refractivity contribution in [3.8, 4) is 0 Å². The van der Waals surface area contributed by atoms with Crippen LogP contribution in [-0.2, 0) is 21.9 Å². The van der Waals surface area contributed by atoms with Gasteiger partial charge in [0.1, 0.15) is 11.9 Å². The van der Waals surface area contributed by atoms with E-state index in [-0.39, 0.29) is 11.4 Å². The lowest BCUT2D eigenvalue weighted by Crippen LogP contribution is -2.40. The van der Waals surface area contributed by atoms with Crippen LogP contribution in [0.5, 0.6) is 0 Å². The van der Waals surface area contributed by atoms with E-state index in [9.17, 15) is 13.2 Å². The van der Waals surface area contributed by atoms with Crippen molar-refractivity contribution in [1.82, 2.24) is 14.3 Å². The Balaban J connectivity index is 3.00. The number of aromatic nitrogens is 2. The number of rotatable bonds is 5. The average molecular weight is 261 g/mol. The van der Waals surface area contributed by atoms with Crippen molar-refractivity contribution < 1.29 is 18.3 Å². The minimum atomic E-state index is -3.88. The van der Waals surface area contributed by atoms with E-state index < -0.39 is 22.0 Å². The number of sulfonamides is 1. The molecular formula is C9H15N3O4S. The summed E-state index contributed by atoms with van der Waals surface area (Å²) < 4.78 is 27.3. The second-order valence-electron chi connectivity index (χ2n) is 3.66. The van der Waals surface area contributed by atoms with Crippen LogP contribution in [0.3, 0.4) is 0 Å². The molecule has 96 valence electrons. The number of imidazole rings is 1. The van der Waals surface area contributed by atoms with Crippen molar-refractivity contribution >= 4 is 16.0 Å². The highest BCUT2D eigenvalue weighted by Gasteiger charge is 2.25. The van der Waals surface area contributed by atoms with E-state index in [2.05, 4.69) is 9.71 Å². The lowest BCUT2D eigenvalue weighted by atomic mass is 10.2. The number of nitrogens with one attached hydrogen (secondary N) is 1. The molecular weight excluding hydrogens is 246 g/mol. The fourth-order valence-electron chi connectivity index (χ4n) is 1.21. The van der Waals surface area contributed by atoms with Gasteiger partial charge in [-0.25, -0.2) is 13.4 Å². The topological polar surface area (TPSA) is 101 Å².